The summed E-state index contributed by atoms with van der Waals surface area (Å²) in [5.41, 5.74) is 5.92. The maximum Gasteiger partial charge on any atom is 0.242 e. The number of benzene rings is 1. The van der Waals surface area contributed by atoms with E-state index in [0.29, 0.717) is 12.1 Å². The highest BCUT2D eigenvalue weighted by molar-refractivity contribution is 7.89. The van der Waals surface area contributed by atoms with Crippen LogP contribution in [-0.2, 0) is 10.0 Å². The van der Waals surface area contributed by atoms with E-state index in [2.05, 4.69) is 0 Å². The number of hydrogen-bond donors (Lipinski definition) is 1. The average Bonchev–Trinajstić information content (AvgIpc) is 2.27. The van der Waals surface area contributed by atoms with Gasteiger partial charge in [0.05, 0.1) is 9.92 Å². The molecule has 0 unspecified atom stereocenters. The second-order valence-electron chi connectivity index (χ2n) is 3.43. The lowest BCUT2D eigenvalue weighted by Gasteiger charge is -2.15. The van der Waals surface area contributed by atoms with E-state index in [1.54, 1.807) is 6.92 Å². The van der Waals surface area contributed by atoms with Gasteiger partial charge in [-0.2, -0.15) is 0 Å². The molecule has 0 radical (unpaired) electrons. The Morgan fingerprint density at radius 3 is 2.53 bits per heavy atom. The molecule has 0 aromatic heterocycles. The number of halogens is 1. The van der Waals surface area contributed by atoms with Crippen molar-refractivity contribution in [2.24, 2.45) is 5.73 Å². The average molecular weight is 293 g/mol. The fourth-order valence-corrected chi connectivity index (χ4v) is 2.99. The molecule has 0 aliphatic rings. The number of nitrogens with zero attached hydrogens (tertiary/aromatic N) is 1. The molecule has 0 saturated carbocycles. The molecule has 0 heterocycles. The van der Waals surface area contributed by atoms with Gasteiger partial charge < -0.3 is 5.73 Å². The maximum atomic E-state index is 12.0. The third-order valence-electron chi connectivity index (χ3n) is 2.36. The van der Waals surface area contributed by atoms with Crippen molar-refractivity contribution in [2.45, 2.75) is 11.8 Å². The normalized spacial score (nSPS) is 11.8. The van der Waals surface area contributed by atoms with E-state index in [1.165, 1.54) is 29.6 Å². The summed E-state index contributed by atoms with van der Waals surface area (Å²) in [6, 6.07) is 4.32. The van der Waals surface area contributed by atoms with Crippen LogP contribution in [0.3, 0.4) is 0 Å². The zero-order valence-corrected chi connectivity index (χ0v) is 11.9. The van der Waals surface area contributed by atoms with E-state index in [4.69, 9.17) is 29.6 Å². The largest absolute Gasteiger partial charge is 0.389 e. The van der Waals surface area contributed by atoms with Crippen molar-refractivity contribution in [1.82, 2.24) is 4.31 Å². The van der Waals surface area contributed by atoms with Crippen molar-refractivity contribution < 1.29 is 8.42 Å². The van der Waals surface area contributed by atoms with Crippen LogP contribution in [0, 0.1) is 0 Å². The van der Waals surface area contributed by atoms with Gasteiger partial charge in [0.2, 0.25) is 10.0 Å². The fourth-order valence-electron chi connectivity index (χ4n) is 1.21. The highest BCUT2D eigenvalue weighted by atomic mass is 35.5. The van der Waals surface area contributed by atoms with Crippen LogP contribution >= 0.6 is 23.8 Å². The van der Waals surface area contributed by atoms with Crippen LogP contribution in [0.2, 0.25) is 5.02 Å². The highest BCUT2D eigenvalue weighted by Crippen LogP contribution is 2.22. The van der Waals surface area contributed by atoms with Crippen LogP contribution in [0.25, 0.3) is 0 Å². The van der Waals surface area contributed by atoms with Gasteiger partial charge in [0.25, 0.3) is 0 Å². The Morgan fingerprint density at radius 2 is 2.12 bits per heavy atom. The quantitative estimate of drug-likeness (QED) is 0.857. The molecule has 1 rings (SSSR count). The van der Waals surface area contributed by atoms with Gasteiger partial charge in [-0.25, -0.2) is 12.7 Å². The number of rotatable bonds is 4. The second-order valence-corrected chi connectivity index (χ2v) is 6.32. The standard InChI is InChI=1S/C10H13ClN2O2S2/c1-3-13(2)17(14,15)7-4-5-8(10(12)16)9(11)6-7/h4-6H,3H2,1-2H3,(H2,12,16). The van der Waals surface area contributed by atoms with E-state index >= 15 is 0 Å². The maximum absolute atomic E-state index is 12.0. The molecule has 0 spiro atoms. The second kappa shape index (κ2) is 5.30. The summed E-state index contributed by atoms with van der Waals surface area (Å²) in [7, 11) is -1.98. The van der Waals surface area contributed by atoms with Gasteiger partial charge in [0.1, 0.15) is 4.99 Å². The lowest BCUT2D eigenvalue weighted by molar-refractivity contribution is 0.486. The molecule has 2 N–H and O–H groups in total. The molecule has 0 atom stereocenters. The topological polar surface area (TPSA) is 63.4 Å². The molecule has 1 aromatic carbocycles. The van der Waals surface area contributed by atoms with Gasteiger partial charge in [0, 0.05) is 19.2 Å². The minimum atomic E-state index is -3.49. The van der Waals surface area contributed by atoms with E-state index in [0.717, 1.165) is 0 Å². The molecule has 0 saturated heterocycles. The predicted molar refractivity (Wildman–Crippen MR) is 72.8 cm³/mol. The Hall–Kier alpha value is -0.690. The molecule has 0 fully saturated rings. The van der Waals surface area contributed by atoms with Crippen LogP contribution < -0.4 is 5.73 Å². The minimum absolute atomic E-state index is 0.131. The van der Waals surface area contributed by atoms with E-state index in [1.807, 2.05) is 0 Å². The number of hydrogen-bond acceptors (Lipinski definition) is 3. The molecule has 0 amide bonds. The zero-order valence-electron chi connectivity index (χ0n) is 9.47. The van der Waals surface area contributed by atoms with Crippen molar-refractivity contribution in [3.63, 3.8) is 0 Å². The minimum Gasteiger partial charge on any atom is -0.389 e. The SMILES string of the molecule is CCN(C)S(=O)(=O)c1ccc(C(N)=S)c(Cl)c1. The summed E-state index contributed by atoms with van der Waals surface area (Å²) in [5, 5.41) is 0.239. The molecule has 1 aromatic rings. The Morgan fingerprint density at radius 1 is 1.53 bits per heavy atom. The van der Waals surface area contributed by atoms with Gasteiger partial charge in [-0.15, -0.1) is 0 Å². The van der Waals surface area contributed by atoms with Crippen LogP contribution in [0.4, 0.5) is 0 Å². The van der Waals surface area contributed by atoms with Gasteiger partial charge in [-0.3, -0.25) is 0 Å². The Labute approximate surface area is 111 Å². The third kappa shape index (κ3) is 2.95. The first kappa shape index (κ1) is 14.4. The first-order valence-electron chi connectivity index (χ1n) is 4.86. The van der Waals surface area contributed by atoms with Gasteiger partial charge >= 0.3 is 0 Å². The fraction of sp³-hybridized carbons (Fsp3) is 0.300. The van der Waals surface area contributed by atoms with Crippen molar-refractivity contribution in [3.05, 3.63) is 28.8 Å². The number of sulfonamides is 1. The van der Waals surface area contributed by atoms with Crippen molar-refractivity contribution >= 4 is 38.8 Å². The Kier molecular flexibility index (Phi) is 4.48. The molecule has 0 aliphatic heterocycles. The summed E-state index contributed by atoms with van der Waals surface area (Å²) in [4.78, 5) is 0.273. The summed E-state index contributed by atoms with van der Waals surface area (Å²) >= 11 is 10.7. The number of nitrogens with two attached hydrogens (primary N) is 1. The Balaban J connectivity index is 3.28. The molecule has 94 valence electrons. The number of thiocarbonyl (C=S) groups is 1. The van der Waals surface area contributed by atoms with Crippen molar-refractivity contribution in [1.29, 1.82) is 0 Å². The first-order valence-corrected chi connectivity index (χ1v) is 7.09. The molecule has 17 heavy (non-hydrogen) atoms. The molecule has 0 bridgehead atoms. The summed E-state index contributed by atoms with van der Waals surface area (Å²) in [6.07, 6.45) is 0. The van der Waals surface area contributed by atoms with Crippen molar-refractivity contribution in [3.8, 4) is 0 Å². The molecule has 7 heteroatoms. The van der Waals surface area contributed by atoms with E-state index in [-0.39, 0.29) is 14.9 Å². The highest BCUT2D eigenvalue weighted by Gasteiger charge is 2.20. The van der Waals surface area contributed by atoms with E-state index in [9.17, 15) is 8.42 Å². The van der Waals surface area contributed by atoms with Crippen LogP contribution in [0.15, 0.2) is 23.1 Å². The summed E-state index contributed by atoms with van der Waals surface area (Å²) in [5.74, 6) is 0. The van der Waals surface area contributed by atoms with Gasteiger partial charge in [-0.05, 0) is 18.2 Å². The predicted octanol–water partition coefficient (Wildman–Crippen LogP) is 1.61. The Bertz CT molecular complexity index is 543. The van der Waals surface area contributed by atoms with Gasteiger partial charge in [0.15, 0.2) is 0 Å². The molecule has 4 nitrogen and oxygen atoms in total. The monoisotopic (exact) mass is 292 g/mol. The molecule has 0 aliphatic carbocycles. The van der Waals surface area contributed by atoms with Crippen molar-refractivity contribution in [2.75, 3.05) is 13.6 Å². The summed E-state index contributed by atoms with van der Waals surface area (Å²) < 4.78 is 25.2. The third-order valence-corrected chi connectivity index (χ3v) is 4.82. The smallest absolute Gasteiger partial charge is 0.242 e. The van der Waals surface area contributed by atoms with Crippen LogP contribution in [0.5, 0.6) is 0 Å². The molecular weight excluding hydrogens is 280 g/mol. The zero-order chi connectivity index (χ0) is 13.2. The summed E-state index contributed by atoms with van der Waals surface area (Å²) in [6.45, 7) is 2.14. The lowest BCUT2D eigenvalue weighted by Crippen LogP contribution is -2.26. The van der Waals surface area contributed by atoms with Crippen LogP contribution in [0.1, 0.15) is 12.5 Å². The first-order chi connectivity index (χ1) is 7.80. The van der Waals surface area contributed by atoms with Crippen LogP contribution in [-0.4, -0.2) is 31.3 Å². The lowest BCUT2D eigenvalue weighted by atomic mass is 10.2. The van der Waals surface area contributed by atoms with Gasteiger partial charge in [-0.1, -0.05) is 30.7 Å². The molecular formula is C10H13ClN2O2S2. The van der Waals surface area contributed by atoms with E-state index < -0.39 is 10.0 Å².